The lowest BCUT2D eigenvalue weighted by Crippen LogP contribution is -2.52. The maximum absolute atomic E-state index is 13.1. The number of fused-ring (bicyclic) bond motifs is 1. The van der Waals surface area contributed by atoms with Gasteiger partial charge in [0.2, 0.25) is 11.7 Å². The molecule has 3 aromatic rings. The molecule has 31 heavy (non-hydrogen) atoms. The molecule has 1 atom stereocenters. The fraction of sp³-hybridized carbons (Fsp3) is 0.105. The lowest BCUT2D eigenvalue weighted by Gasteiger charge is -2.31. The molecule has 2 aromatic carbocycles. The molecule has 1 aliphatic heterocycles. The Morgan fingerprint density at radius 3 is 2.71 bits per heavy atom. The second-order valence-electron chi connectivity index (χ2n) is 6.49. The maximum atomic E-state index is 13.1. The molecule has 4 N–H and O–H groups in total. The Balaban J connectivity index is 1.78. The van der Waals surface area contributed by atoms with Crippen LogP contribution in [0, 0.1) is 0 Å². The molecule has 0 radical (unpaired) electrons. The molecular weight excluding hydrogens is 447 g/mol. The minimum Gasteiger partial charge on any atom is -0.439 e. The summed E-state index contributed by atoms with van der Waals surface area (Å²) in [5.41, 5.74) is 5.34. The molecule has 1 aliphatic rings. The van der Waals surface area contributed by atoms with Crippen molar-refractivity contribution >= 4 is 63.4 Å². The highest BCUT2D eigenvalue weighted by molar-refractivity contribution is 6.50. The number of piperidine rings is 1. The van der Waals surface area contributed by atoms with Gasteiger partial charge in [0.05, 0.1) is 23.0 Å². The van der Waals surface area contributed by atoms with E-state index in [9.17, 15) is 14.4 Å². The normalized spacial score (nSPS) is 18.0. The first kappa shape index (κ1) is 20.8. The third-order valence-electron chi connectivity index (χ3n) is 4.56. The van der Waals surface area contributed by atoms with Crippen molar-refractivity contribution in [3.8, 4) is 0 Å². The van der Waals surface area contributed by atoms with E-state index in [0.717, 1.165) is 4.90 Å². The van der Waals surface area contributed by atoms with Crippen LogP contribution in [0.2, 0.25) is 10.0 Å². The number of carbonyl (C=O) groups excluding carboxylic acids is 3. The number of hydrogen-bond acceptors (Lipinski definition) is 7. The van der Waals surface area contributed by atoms with Gasteiger partial charge < -0.3 is 4.42 Å². The van der Waals surface area contributed by atoms with Gasteiger partial charge in [-0.05, 0) is 30.3 Å². The van der Waals surface area contributed by atoms with Gasteiger partial charge in [0, 0.05) is 5.02 Å². The number of aromatic nitrogens is 1. The van der Waals surface area contributed by atoms with E-state index in [1.807, 2.05) is 5.43 Å². The SMILES string of the molecule is NNC(=O)N/N=C1\CN(c2ccc(Cl)cc2Cl)C(=O)C(=O)[C@@H]1c1nc2ccccc2o1. The third kappa shape index (κ3) is 3.96. The predicted octanol–water partition coefficient (Wildman–Crippen LogP) is 2.36. The van der Waals surface area contributed by atoms with Crippen molar-refractivity contribution in [1.29, 1.82) is 0 Å². The number of Topliss-reactive ketones (excluding diaryl/α,β-unsaturated/α-hetero) is 1. The van der Waals surface area contributed by atoms with Crippen LogP contribution in [-0.4, -0.2) is 35.0 Å². The first-order valence-electron chi connectivity index (χ1n) is 8.88. The van der Waals surface area contributed by atoms with E-state index in [4.69, 9.17) is 33.5 Å². The summed E-state index contributed by atoms with van der Waals surface area (Å²) in [5, 5.41) is 4.51. The Hall–Kier alpha value is -3.47. The number of nitrogens with two attached hydrogens (primary N) is 1. The number of anilines is 1. The molecule has 0 saturated carbocycles. The number of amides is 3. The van der Waals surface area contributed by atoms with E-state index >= 15 is 0 Å². The highest BCUT2D eigenvalue weighted by Crippen LogP contribution is 2.34. The van der Waals surface area contributed by atoms with Crippen LogP contribution in [0.1, 0.15) is 11.8 Å². The molecule has 0 spiro atoms. The van der Waals surface area contributed by atoms with Gasteiger partial charge in [-0.15, -0.1) is 0 Å². The first-order valence-corrected chi connectivity index (χ1v) is 9.64. The van der Waals surface area contributed by atoms with Crippen molar-refractivity contribution in [2.45, 2.75) is 5.92 Å². The molecule has 1 saturated heterocycles. The van der Waals surface area contributed by atoms with Gasteiger partial charge in [0.25, 0.3) is 5.91 Å². The second kappa shape index (κ2) is 8.34. The molecule has 10 nitrogen and oxygen atoms in total. The van der Waals surface area contributed by atoms with E-state index in [1.165, 1.54) is 18.2 Å². The van der Waals surface area contributed by atoms with E-state index in [1.54, 1.807) is 24.3 Å². The molecule has 1 fully saturated rings. The van der Waals surface area contributed by atoms with Gasteiger partial charge >= 0.3 is 6.03 Å². The Morgan fingerprint density at radius 2 is 2.00 bits per heavy atom. The fourth-order valence-electron chi connectivity index (χ4n) is 3.15. The zero-order chi connectivity index (χ0) is 22.1. The molecule has 0 bridgehead atoms. The average molecular weight is 461 g/mol. The van der Waals surface area contributed by atoms with Crippen LogP contribution in [0.15, 0.2) is 52.0 Å². The van der Waals surface area contributed by atoms with Crippen LogP contribution in [-0.2, 0) is 9.59 Å². The Labute approximate surface area is 184 Å². The average Bonchev–Trinajstić information content (AvgIpc) is 3.18. The summed E-state index contributed by atoms with van der Waals surface area (Å²) >= 11 is 12.2. The molecule has 2 heterocycles. The number of halogens is 2. The smallest absolute Gasteiger partial charge is 0.349 e. The van der Waals surface area contributed by atoms with Gasteiger partial charge in [0.1, 0.15) is 11.4 Å². The number of para-hydroxylation sites is 2. The van der Waals surface area contributed by atoms with Crippen LogP contribution >= 0.6 is 23.2 Å². The van der Waals surface area contributed by atoms with Crippen LogP contribution in [0.4, 0.5) is 10.5 Å². The van der Waals surface area contributed by atoms with Gasteiger partial charge in [-0.3, -0.25) is 19.9 Å². The number of carbonyl (C=O) groups is 3. The summed E-state index contributed by atoms with van der Waals surface area (Å²) < 4.78 is 5.69. The highest BCUT2D eigenvalue weighted by atomic mass is 35.5. The van der Waals surface area contributed by atoms with E-state index < -0.39 is 23.6 Å². The lowest BCUT2D eigenvalue weighted by atomic mass is 9.92. The van der Waals surface area contributed by atoms with Gasteiger partial charge in [-0.1, -0.05) is 35.3 Å². The van der Waals surface area contributed by atoms with Gasteiger partial charge in [-0.2, -0.15) is 5.10 Å². The lowest BCUT2D eigenvalue weighted by molar-refractivity contribution is -0.137. The fourth-order valence-corrected chi connectivity index (χ4v) is 3.66. The van der Waals surface area contributed by atoms with Crippen molar-refractivity contribution < 1.29 is 18.8 Å². The number of ketones is 1. The monoisotopic (exact) mass is 460 g/mol. The highest BCUT2D eigenvalue weighted by Gasteiger charge is 2.44. The zero-order valence-corrected chi connectivity index (χ0v) is 17.1. The summed E-state index contributed by atoms with van der Waals surface area (Å²) in [6, 6.07) is 10.6. The van der Waals surface area contributed by atoms with Gasteiger partial charge in [-0.25, -0.2) is 21.0 Å². The summed E-state index contributed by atoms with van der Waals surface area (Å²) in [6.07, 6.45) is 0. The van der Waals surface area contributed by atoms with Crippen LogP contribution in [0.5, 0.6) is 0 Å². The number of nitrogens with zero attached hydrogens (tertiary/aromatic N) is 3. The number of urea groups is 1. The number of hydrazine groups is 1. The molecule has 1 aromatic heterocycles. The Morgan fingerprint density at radius 1 is 1.23 bits per heavy atom. The molecule has 4 rings (SSSR count). The Kier molecular flexibility index (Phi) is 5.59. The number of hydrazone groups is 1. The van der Waals surface area contributed by atoms with Crippen molar-refractivity contribution in [1.82, 2.24) is 15.8 Å². The van der Waals surface area contributed by atoms with Crippen LogP contribution in [0.25, 0.3) is 11.1 Å². The largest absolute Gasteiger partial charge is 0.439 e. The first-order chi connectivity index (χ1) is 14.9. The minimum absolute atomic E-state index is 0.0184. The van der Waals surface area contributed by atoms with Gasteiger partial charge in [0.15, 0.2) is 5.58 Å². The number of nitrogens with one attached hydrogen (secondary N) is 2. The molecule has 0 unspecified atom stereocenters. The summed E-state index contributed by atoms with van der Waals surface area (Å²) in [7, 11) is 0. The van der Waals surface area contributed by atoms with Crippen molar-refractivity contribution in [3.05, 3.63) is 58.4 Å². The number of oxazole rings is 1. The second-order valence-corrected chi connectivity index (χ2v) is 7.34. The van der Waals surface area contributed by atoms with Crippen LogP contribution < -0.4 is 21.6 Å². The molecule has 3 amide bonds. The standard InChI is InChI=1S/C19H14Cl2N6O4/c20-9-5-6-13(10(21)7-9)27-8-12(25-26-19(30)24-22)15(16(28)18(27)29)17-23-11-3-1-2-4-14(11)31-17/h1-7,15H,8,22H2,(H2,24,26,30)/b25-12+/t15-/m1/s1. The molecule has 0 aliphatic carbocycles. The van der Waals surface area contributed by atoms with Crippen LogP contribution in [0.3, 0.4) is 0 Å². The number of benzene rings is 2. The van der Waals surface area contributed by atoms with Crippen molar-refractivity contribution in [2.24, 2.45) is 10.9 Å². The summed E-state index contributed by atoms with van der Waals surface area (Å²) in [4.78, 5) is 43.0. The Bertz CT molecular complexity index is 1210. The maximum Gasteiger partial charge on any atom is 0.349 e. The van der Waals surface area contributed by atoms with E-state index in [-0.39, 0.29) is 28.9 Å². The molecule has 12 heteroatoms. The predicted molar refractivity (Wildman–Crippen MR) is 114 cm³/mol. The molecular formula is C19H14Cl2N6O4. The number of hydrogen-bond donors (Lipinski definition) is 3. The van der Waals surface area contributed by atoms with E-state index in [2.05, 4.69) is 15.5 Å². The number of rotatable bonds is 3. The summed E-state index contributed by atoms with van der Waals surface area (Å²) in [5.74, 6) is 2.12. The third-order valence-corrected chi connectivity index (χ3v) is 5.10. The minimum atomic E-state index is -1.24. The summed E-state index contributed by atoms with van der Waals surface area (Å²) in [6.45, 7) is -0.166. The molecule has 158 valence electrons. The van der Waals surface area contributed by atoms with Crippen molar-refractivity contribution in [3.63, 3.8) is 0 Å². The topological polar surface area (TPSA) is 143 Å². The van der Waals surface area contributed by atoms with Crippen molar-refractivity contribution in [2.75, 3.05) is 11.4 Å². The quantitative estimate of drug-likeness (QED) is 0.237. The zero-order valence-electron chi connectivity index (χ0n) is 15.6. The van der Waals surface area contributed by atoms with E-state index in [0.29, 0.717) is 16.1 Å².